The number of benzene rings is 1. The van der Waals surface area contributed by atoms with E-state index in [9.17, 15) is 4.79 Å². The normalized spacial score (nSPS) is 10.9. The minimum atomic E-state index is -0.0783. The highest BCUT2D eigenvalue weighted by atomic mass is 16.1. The Bertz CT molecular complexity index is 728. The first kappa shape index (κ1) is 13.1. The number of H-pyrrole nitrogens is 2. The van der Waals surface area contributed by atoms with Gasteiger partial charge in [-0.3, -0.25) is 9.89 Å². The molecule has 0 spiro atoms. The number of aromatic amines is 2. The Labute approximate surface area is 120 Å². The summed E-state index contributed by atoms with van der Waals surface area (Å²) in [6.45, 7) is 0.281. The van der Waals surface area contributed by atoms with E-state index in [0.717, 1.165) is 16.9 Å². The number of imidazole rings is 1. The topological polar surface area (TPSA) is 125 Å². The SMILES string of the molecule is Nc1n[nH]c(CNC(=O)CCc2nc3ccccc3[nH]2)n1. The summed E-state index contributed by atoms with van der Waals surface area (Å²) in [6, 6.07) is 7.77. The third-order valence-electron chi connectivity index (χ3n) is 3.03. The Morgan fingerprint density at radius 1 is 1.24 bits per heavy atom. The van der Waals surface area contributed by atoms with Crippen LogP contribution in [0.25, 0.3) is 11.0 Å². The number of para-hydroxylation sites is 2. The van der Waals surface area contributed by atoms with Gasteiger partial charge in [0.05, 0.1) is 17.6 Å². The molecule has 2 heterocycles. The summed E-state index contributed by atoms with van der Waals surface area (Å²) in [5, 5.41) is 9.07. The van der Waals surface area contributed by atoms with E-state index in [1.807, 2.05) is 24.3 Å². The minimum Gasteiger partial charge on any atom is -0.367 e. The van der Waals surface area contributed by atoms with Crippen LogP contribution in [0.4, 0.5) is 5.95 Å². The van der Waals surface area contributed by atoms with Crippen molar-refractivity contribution >= 4 is 22.9 Å². The number of carbonyl (C=O) groups excluding carboxylic acids is 1. The lowest BCUT2D eigenvalue weighted by molar-refractivity contribution is -0.121. The maximum atomic E-state index is 11.8. The Balaban J connectivity index is 1.51. The number of aryl methyl sites for hydroxylation is 1. The zero-order valence-corrected chi connectivity index (χ0v) is 11.3. The molecule has 0 radical (unpaired) electrons. The number of anilines is 1. The Kier molecular flexibility index (Phi) is 3.50. The average molecular weight is 285 g/mol. The number of fused-ring (bicyclic) bond motifs is 1. The van der Waals surface area contributed by atoms with E-state index in [2.05, 4.69) is 30.5 Å². The number of nitrogens with zero attached hydrogens (tertiary/aromatic N) is 3. The monoisotopic (exact) mass is 285 g/mol. The second-order valence-electron chi connectivity index (χ2n) is 4.62. The molecule has 3 aromatic rings. The molecule has 5 N–H and O–H groups in total. The quantitative estimate of drug-likeness (QED) is 0.543. The van der Waals surface area contributed by atoms with Crippen molar-refractivity contribution in [2.45, 2.75) is 19.4 Å². The predicted molar refractivity (Wildman–Crippen MR) is 77.1 cm³/mol. The highest BCUT2D eigenvalue weighted by molar-refractivity contribution is 5.77. The van der Waals surface area contributed by atoms with Gasteiger partial charge in [-0.15, -0.1) is 5.10 Å². The van der Waals surface area contributed by atoms with E-state index in [4.69, 9.17) is 5.73 Å². The number of hydrogen-bond acceptors (Lipinski definition) is 5. The number of rotatable bonds is 5. The molecule has 0 bridgehead atoms. The molecular formula is C13H15N7O. The molecule has 0 saturated heterocycles. The number of carbonyl (C=O) groups is 1. The van der Waals surface area contributed by atoms with Gasteiger partial charge < -0.3 is 16.0 Å². The summed E-state index contributed by atoms with van der Waals surface area (Å²) < 4.78 is 0. The van der Waals surface area contributed by atoms with E-state index >= 15 is 0 Å². The summed E-state index contributed by atoms with van der Waals surface area (Å²) in [5.74, 6) is 1.42. The largest absolute Gasteiger partial charge is 0.367 e. The molecule has 0 saturated carbocycles. The van der Waals surface area contributed by atoms with Crippen LogP contribution in [0.3, 0.4) is 0 Å². The first-order valence-corrected chi connectivity index (χ1v) is 6.58. The van der Waals surface area contributed by atoms with Crippen molar-refractivity contribution in [1.82, 2.24) is 30.5 Å². The fourth-order valence-corrected chi connectivity index (χ4v) is 2.02. The second-order valence-corrected chi connectivity index (χ2v) is 4.62. The summed E-state index contributed by atoms with van der Waals surface area (Å²) >= 11 is 0. The fourth-order valence-electron chi connectivity index (χ4n) is 2.02. The number of nitrogens with one attached hydrogen (secondary N) is 3. The van der Waals surface area contributed by atoms with Crippen molar-refractivity contribution in [3.05, 3.63) is 35.9 Å². The van der Waals surface area contributed by atoms with Crippen molar-refractivity contribution in [3.63, 3.8) is 0 Å². The smallest absolute Gasteiger partial charge is 0.239 e. The van der Waals surface area contributed by atoms with Crippen LogP contribution in [0.5, 0.6) is 0 Å². The molecule has 1 amide bonds. The van der Waals surface area contributed by atoms with Crippen molar-refractivity contribution < 1.29 is 4.79 Å². The van der Waals surface area contributed by atoms with Crippen LogP contribution in [0.2, 0.25) is 0 Å². The van der Waals surface area contributed by atoms with Gasteiger partial charge in [0, 0.05) is 12.8 Å². The van der Waals surface area contributed by atoms with Crippen molar-refractivity contribution in [2.24, 2.45) is 0 Å². The minimum absolute atomic E-state index is 0.0783. The summed E-state index contributed by atoms with van der Waals surface area (Å²) in [7, 11) is 0. The maximum Gasteiger partial charge on any atom is 0.239 e. The Hall–Kier alpha value is -2.90. The maximum absolute atomic E-state index is 11.8. The van der Waals surface area contributed by atoms with Gasteiger partial charge in [0.2, 0.25) is 11.9 Å². The van der Waals surface area contributed by atoms with Crippen LogP contribution in [0.1, 0.15) is 18.1 Å². The Morgan fingerprint density at radius 3 is 2.86 bits per heavy atom. The fraction of sp³-hybridized carbons (Fsp3) is 0.231. The molecule has 2 aromatic heterocycles. The van der Waals surface area contributed by atoms with Crippen LogP contribution >= 0.6 is 0 Å². The van der Waals surface area contributed by atoms with Gasteiger partial charge in [-0.25, -0.2) is 4.98 Å². The van der Waals surface area contributed by atoms with Crippen LogP contribution < -0.4 is 11.1 Å². The highest BCUT2D eigenvalue weighted by Crippen LogP contribution is 2.11. The number of nitrogen functional groups attached to an aromatic ring is 1. The van der Waals surface area contributed by atoms with Gasteiger partial charge in [0.25, 0.3) is 0 Å². The lowest BCUT2D eigenvalue weighted by Crippen LogP contribution is -2.23. The van der Waals surface area contributed by atoms with Crippen LogP contribution in [0, 0.1) is 0 Å². The number of hydrogen-bond donors (Lipinski definition) is 4. The summed E-state index contributed by atoms with van der Waals surface area (Å²) in [5.41, 5.74) is 7.26. The van der Waals surface area contributed by atoms with Crippen LogP contribution in [-0.2, 0) is 17.8 Å². The van der Waals surface area contributed by atoms with Gasteiger partial charge >= 0.3 is 0 Å². The molecule has 0 aliphatic rings. The first-order chi connectivity index (χ1) is 10.2. The van der Waals surface area contributed by atoms with Crippen molar-refractivity contribution in [1.29, 1.82) is 0 Å². The average Bonchev–Trinajstić information content (AvgIpc) is 3.08. The highest BCUT2D eigenvalue weighted by Gasteiger charge is 2.07. The van der Waals surface area contributed by atoms with E-state index in [0.29, 0.717) is 18.7 Å². The van der Waals surface area contributed by atoms with Crippen LogP contribution in [0.15, 0.2) is 24.3 Å². The standard InChI is InChI=1S/C13H15N7O/c14-13-18-11(19-20-13)7-15-12(21)6-5-10-16-8-3-1-2-4-9(8)17-10/h1-4H,5-7H2,(H,15,21)(H,16,17)(H3,14,18,19,20). The van der Waals surface area contributed by atoms with Gasteiger partial charge in [0.1, 0.15) is 11.6 Å². The van der Waals surface area contributed by atoms with Gasteiger partial charge in [0.15, 0.2) is 0 Å². The lowest BCUT2D eigenvalue weighted by atomic mass is 10.3. The molecule has 0 atom stereocenters. The molecule has 0 aliphatic carbocycles. The van der Waals surface area contributed by atoms with E-state index in [1.165, 1.54) is 0 Å². The number of aromatic nitrogens is 5. The first-order valence-electron chi connectivity index (χ1n) is 6.58. The van der Waals surface area contributed by atoms with E-state index in [1.54, 1.807) is 0 Å². The molecule has 3 rings (SSSR count). The zero-order valence-electron chi connectivity index (χ0n) is 11.3. The summed E-state index contributed by atoms with van der Waals surface area (Å²) in [4.78, 5) is 23.3. The van der Waals surface area contributed by atoms with Gasteiger partial charge in [-0.05, 0) is 12.1 Å². The molecule has 8 heteroatoms. The van der Waals surface area contributed by atoms with Gasteiger partial charge in [-0.2, -0.15) is 4.98 Å². The van der Waals surface area contributed by atoms with Crippen molar-refractivity contribution in [2.75, 3.05) is 5.73 Å². The summed E-state index contributed by atoms with van der Waals surface area (Å²) in [6.07, 6.45) is 0.905. The van der Waals surface area contributed by atoms with Crippen LogP contribution in [-0.4, -0.2) is 31.1 Å². The second kappa shape index (κ2) is 5.61. The molecular weight excluding hydrogens is 270 g/mol. The lowest BCUT2D eigenvalue weighted by Gasteiger charge is -2.01. The third-order valence-corrected chi connectivity index (χ3v) is 3.03. The molecule has 1 aromatic carbocycles. The molecule has 0 fully saturated rings. The molecule has 0 unspecified atom stereocenters. The predicted octanol–water partition coefficient (Wildman–Crippen LogP) is 0.512. The number of amides is 1. The van der Waals surface area contributed by atoms with E-state index < -0.39 is 0 Å². The molecule has 0 aliphatic heterocycles. The molecule has 21 heavy (non-hydrogen) atoms. The van der Waals surface area contributed by atoms with Gasteiger partial charge in [-0.1, -0.05) is 12.1 Å². The molecule has 8 nitrogen and oxygen atoms in total. The zero-order chi connectivity index (χ0) is 14.7. The van der Waals surface area contributed by atoms with Crippen molar-refractivity contribution in [3.8, 4) is 0 Å². The van der Waals surface area contributed by atoms with E-state index in [-0.39, 0.29) is 18.4 Å². The number of nitrogens with two attached hydrogens (primary N) is 1. The Morgan fingerprint density at radius 2 is 2.10 bits per heavy atom. The third kappa shape index (κ3) is 3.16. The molecule has 108 valence electrons.